The average molecular weight is 491 g/mol. The molecule has 0 radical (unpaired) electrons. The summed E-state index contributed by atoms with van der Waals surface area (Å²) in [5.41, 5.74) is 2.44. The first kappa shape index (κ1) is 25.0. The Kier molecular flexibility index (Phi) is 8.02. The van der Waals surface area contributed by atoms with Crippen molar-refractivity contribution in [3.63, 3.8) is 0 Å². The summed E-state index contributed by atoms with van der Waals surface area (Å²) in [7, 11) is 1.28. The third-order valence-electron chi connectivity index (χ3n) is 5.95. The SMILES string of the molecule is COC(=O)C1CC(c2ccc(C(=O)C(=O)c3ccc(/C=C/C(=O)NCC4CCCO4)cc3)cc2)=NO1. The number of hydrogen-bond donors (Lipinski definition) is 1. The van der Waals surface area contributed by atoms with Crippen molar-refractivity contribution in [2.45, 2.75) is 31.5 Å². The lowest BCUT2D eigenvalue weighted by Gasteiger charge is -2.08. The van der Waals surface area contributed by atoms with Gasteiger partial charge in [-0.2, -0.15) is 0 Å². The highest BCUT2D eigenvalue weighted by Gasteiger charge is 2.29. The molecule has 1 amide bonds. The van der Waals surface area contributed by atoms with Gasteiger partial charge in [-0.3, -0.25) is 14.4 Å². The molecule has 0 bridgehead atoms. The first-order chi connectivity index (χ1) is 17.4. The fraction of sp³-hybridized carbons (Fsp3) is 0.296. The molecular formula is C27H26N2O7. The highest BCUT2D eigenvalue weighted by Crippen LogP contribution is 2.19. The van der Waals surface area contributed by atoms with Gasteiger partial charge in [-0.15, -0.1) is 0 Å². The molecule has 186 valence electrons. The predicted octanol–water partition coefficient (Wildman–Crippen LogP) is 2.73. The summed E-state index contributed by atoms with van der Waals surface area (Å²) in [5, 5.41) is 6.71. The number of ether oxygens (including phenoxy) is 2. The van der Waals surface area contributed by atoms with Crippen molar-refractivity contribution in [1.82, 2.24) is 5.32 Å². The van der Waals surface area contributed by atoms with Gasteiger partial charge < -0.3 is 19.6 Å². The topological polar surface area (TPSA) is 120 Å². The molecule has 2 unspecified atom stereocenters. The highest BCUT2D eigenvalue weighted by atomic mass is 16.7. The number of nitrogens with zero attached hydrogens (tertiary/aromatic N) is 1. The van der Waals surface area contributed by atoms with E-state index in [0.717, 1.165) is 25.0 Å². The summed E-state index contributed by atoms with van der Waals surface area (Å²) in [4.78, 5) is 54.0. The summed E-state index contributed by atoms with van der Waals surface area (Å²) >= 11 is 0. The number of benzene rings is 2. The largest absolute Gasteiger partial charge is 0.466 e. The summed E-state index contributed by atoms with van der Waals surface area (Å²) in [6.45, 7) is 1.22. The number of amides is 1. The number of oxime groups is 1. The van der Waals surface area contributed by atoms with Crippen LogP contribution in [0.25, 0.3) is 6.08 Å². The first-order valence-electron chi connectivity index (χ1n) is 11.6. The van der Waals surface area contributed by atoms with Gasteiger partial charge in [0.1, 0.15) is 0 Å². The summed E-state index contributed by atoms with van der Waals surface area (Å²) < 4.78 is 10.1. The maximum Gasteiger partial charge on any atom is 0.350 e. The molecule has 0 aromatic heterocycles. The van der Waals surface area contributed by atoms with E-state index in [1.54, 1.807) is 42.5 Å². The number of hydrogen-bond acceptors (Lipinski definition) is 8. The van der Waals surface area contributed by atoms with Crippen LogP contribution in [0.5, 0.6) is 0 Å². The summed E-state index contributed by atoms with van der Waals surface area (Å²) in [5.74, 6) is -2.01. The number of rotatable bonds is 9. The molecule has 2 aromatic carbocycles. The Labute approximate surface area is 208 Å². The standard InChI is InChI=1S/C27H26N2O7/c1-34-27(33)23-15-22(29-36-23)18-9-11-20(12-10-18)26(32)25(31)19-7-4-17(5-8-19)6-13-24(30)28-16-21-3-2-14-35-21/h4-13,21,23H,2-3,14-16H2,1H3,(H,28,30)/b13-6+. The van der Waals surface area contributed by atoms with Gasteiger partial charge in [0.15, 0.2) is 0 Å². The maximum atomic E-state index is 12.7. The second-order valence-corrected chi connectivity index (χ2v) is 8.43. The van der Waals surface area contributed by atoms with Gasteiger partial charge in [0.25, 0.3) is 0 Å². The van der Waals surface area contributed by atoms with Crippen LogP contribution in [-0.2, 0) is 23.9 Å². The quantitative estimate of drug-likeness (QED) is 0.248. The van der Waals surface area contributed by atoms with Crippen molar-refractivity contribution in [1.29, 1.82) is 0 Å². The van der Waals surface area contributed by atoms with Gasteiger partial charge in [-0.1, -0.05) is 53.7 Å². The molecule has 1 saturated heterocycles. The fourth-order valence-electron chi connectivity index (χ4n) is 3.88. The van der Waals surface area contributed by atoms with Crippen molar-refractivity contribution < 1.29 is 33.5 Å². The van der Waals surface area contributed by atoms with Gasteiger partial charge >= 0.3 is 5.97 Å². The predicted molar refractivity (Wildman–Crippen MR) is 131 cm³/mol. The number of carbonyl (C=O) groups is 4. The van der Waals surface area contributed by atoms with E-state index < -0.39 is 23.6 Å². The Balaban J connectivity index is 1.31. The number of ketones is 2. The lowest BCUT2D eigenvalue weighted by Crippen LogP contribution is -2.30. The number of carbonyl (C=O) groups excluding carboxylic acids is 4. The molecule has 2 aliphatic heterocycles. The molecule has 2 aliphatic rings. The zero-order chi connectivity index (χ0) is 25.5. The average Bonchev–Trinajstić information content (AvgIpc) is 3.63. The minimum atomic E-state index is -0.786. The lowest BCUT2D eigenvalue weighted by molar-refractivity contribution is -0.152. The molecule has 0 saturated carbocycles. The highest BCUT2D eigenvalue weighted by molar-refractivity contribution is 6.49. The third-order valence-corrected chi connectivity index (χ3v) is 5.95. The van der Waals surface area contributed by atoms with Crippen molar-refractivity contribution in [3.05, 3.63) is 76.9 Å². The van der Waals surface area contributed by atoms with Gasteiger partial charge in [0.2, 0.25) is 23.6 Å². The van der Waals surface area contributed by atoms with E-state index in [0.29, 0.717) is 17.8 Å². The van der Waals surface area contributed by atoms with Crippen molar-refractivity contribution in [3.8, 4) is 0 Å². The molecule has 9 nitrogen and oxygen atoms in total. The van der Waals surface area contributed by atoms with Crippen LogP contribution in [0.1, 0.15) is 51.1 Å². The maximum absolute atomic E-state index is 12.7. The van der Waals surface area contributed by atoms with E-state index >= 15 is 0 Å². The number of esters is 1. The Hall–Kier alpha value is -4.11. The van der Waals surface area contributed by atoms with Crippen LogP contribution in [0, 0.1) is 0 Å². The van der Waals surface area contributed by atoms with Gasteiger partial charge in [0, 0.05) is 36.8 Å². The molecular weight excluding hydrogens is 464 g/mol. The number of Topliss-reactive ketones (excluding diaryl/α,β-unsaturated/α-hetero) is 2. The second kappa shape index (κ2) is 11.5. The molecule has 36 heavy (non-hydrogen) atoms. The van der Waals surface area contributed by atoms with E-state index in [4.69, 9.17) is 9.57 Å². The summed E-state index contributed by atoms with van der Waals surface area (Å²) in [6.07, 6.45) is 4.57. The fourth-order valence-corrected chi connectivity index (χ4v) is 3.88. The molecule has 4 rings (SSSR count). The van der Waals surface area contributed by atoms with Gasteiger partial charge in [0.05, 0.1) is 18.9 Å². The van der Waals surface area contributed by atoms with Crippen LogP contribution in [0.3, 0.4) is 0 Å². The molecule has 2 heterocycles. The Morgan fingerprint density at radius 2 is 1.69 bits per heavy atom. The number of methoxy groups -OCH3 is 1. The van der Waals surface area contributed by atoms with Crippen LogP contribution >= 0.6 is 0 Å². The monoisotopic (exact) mass is 490 g/mol. The van der Waals surface area contributed by atoms with Gasteiger partial charge in [-0.05, 0) is 30.0 Å². The van der Waals surface area contributed by atoms with Crippen LogP contribution in [0.15, 0.2) is 59.8 Å². The Bertz CT molecular complexity index is 1190. The molecule has 0 aliphatic carbocycles. The molecule has 0 spiro atoms. The van der Waals surface area contributed by atoms with Gasteiger partial charge in [-0.25, -0.2) is 4.79 Å². The zero-order valence-corrected chi connectivity index (χ0v) is 19.8. The van der Waals surface area contributed by atoms with E-state index in [-0.39, 0.29) is 29.6 Å². The molecule has 1 fully saturated rings. The molecule has 1 N–H and O–H groups in total. The van der Waals surface area contributed by atoms with Crippen molar-refractivity contribution in [2.24, 2.45) is 5.16 Å². The van der Waals surface area contributed by atoms with Crippen molar-refractivity contribution >= 4 is 35.2 Å². The van der Waals surface area contributed by atoms with E-state index in [2.05, 4.69) is 15.2 Å². The molecule has 2 aromatic rings. The minimum Gasteiger partial charge on any atom is -0.466 e. The molecule has 2 atom stereocenters. The Morgan fingerprint density at radius 3 is 2.31 bits per heavy atom. The minimum absolute atomic E-state index is 0.0748. The van der Waals surface area contributed by atoms with E-state index in [1.165, 1.54) is 25.3 Å². The van der Waals surface area contributed by atoms with Crippen LogP contribution in [0.2, 0.25) is 0 Å². The third kappa shape index (κ3) is 6.11. The van der Waals surface area contributed by atoms with E-state index in [9.17, 15) is 19.2 Å². The first-order valence-corrected chi connectivity index (χ1v) is 11.6. The molecule has 9 heteroatoms. The number of nitrogens with one attached hydrogen (secondary N) is 1. The second-order valence-electron chi connectivity index (χ2n) is 8.43. The lowest BCUT2D eigenvalue weighted by atomic mass is 9.98. The zero-order valence-electron chi connectivity index (χ0n) is 19.8. The normalized spacial score (nSPS) is 19.0. The Morgan fingerprint density at radius 1 is 1.03 bits per heavy atom. The van der Waals surface area contributed by atoms with E-state index in [1.807, 2.05) is 0 Å². The van der Waals surface area contributed by atoms with Crippen LogP contribution < -0.4 is 5.32 Å². The van der Waals surface area contributed by atoms with Crippen LogP contribution in [-0.4, -0.2) is 61.6 Å². The van der Waals surface area contributed by atoms with Crippen molar-refractivity contribution in [2.75, 3.05) is 20.3 Å². The summed E-state index contributed by atoms with van der Waals surface area (Å²) in [6, 6.07) is 12.8. The van der Waals surface area contributed by atoms with Crippen LogP contribution in [0.4, 0.5) is 0 Å². The smallest absolute Gasteiger partial charge is 0.350 e.